The second kappa shape index (κ2) is 6.70. The molecule has 0 spiro atoms. The van der Waals surface area contributed by atoms with Crippen LogP contribution in [0.1, 0.15) is 32.8 Å². The summed E-state index contributed by atoms with van der Waals surface area (Å²) in [6.07, 6.45) is 1.45. The van der Waals surface area contributed by atoms with E-state index >= 15 is 0 Å². The van der Waals surface area contributed by atoms with Crippen molar-refractivity contribution in [2.24, 2.45) is 0 Å². The Balaban J connectivity index is 2.18. The van der Waals surface area contributed by atoms with Crippen molar-refractivity contribution in [1.82, 2.24) is 10.2 Å². The molecule has 3 atom stereocenters. The lowest BCUT2D eigenvalue weighted by Crippen LogP contribution is -2.49. The van der Waals surface area contributed by atoms with E-state index in [4.69, 9.17) is 4.74 Å². The van der Waals surface area contributed by atoms with E-state index in [9.17, 15) is 0 Å². The minimum atomic E-state index is 0.0134. The van der Waals surface area contributed by atoms with Crippen LogP contribution >= 0.6 is 0 Å². The highest BCUT2D eigenvalue weighted by Crippen LogP contribution is 2.26. The molecular weight excluding hydrogens is 248 g/mol. The zero-order valence-electron chi connectivity index (χ0n) is 13.2. The molecule has 1 aromatic carbocycles. The monoisotopic (exact) mass is 276 g/mol. The van der Waals surface area contributed by atoms with Crippen LogP contribution in [0.5, 0.6) is 0 Å². The van der Waals surface area contributed by atoms with E-state index in [-0.39, 0.29) is 11.6 Å². The van der Waals surface area contributed by atoms with E-state index in [2.05, 4.69) is 61.3 Å². The van der Waals surface area contributed by atoms with Crippen molar-refractivity contribution in [1.29, 1.82) is 0 Å². The van der Waals surface area contributed by atoms with E-state index in [1.54, 1.807) is 7.11 Å². The van der Waals surface area contributed by atoms with E-state index in [0.29, 0.717) is 6.04 Å². The zero-order valence-corrected chi connectivity index (χ0v) is 13.2. The molecule has 1 saturated heterocycles. The van der Waals surface area contributed by atoms with Gasteiger partial charge in [0.15, 0.2) is 0 Å². The molecule has 3 unspecified atom stereocenters. The molecule has 1 aliphatic rings. The molecule has 20 heavy (non-hydrogen) atoms. The van der Waals surface area contributed by atoms with Crippen molar-refractivity contribution >= 4 is 0 Å². The predicted octanol–water partition coefficient (Wildman–Crippen LogP) is 2.62. The number of rotatable bonds is 4. The number of hydrogen-bond acceptors (Lipinski definition) is 3. The van der Waals surface area contributed by atoms with E-state index in [0.717, 1.165) is 19.6 Å². The van der Waals surface area contributed by atoms with Crippen molar-refractivity contribution in [3.05, 3.63) is 35.9 Å². The van der Waals surface area contributed by atoms with Crippen LogP contribution in [0, 0.1) is 0 Å². The van der Waals surface area contributed by atoms with Gasteiger partial charge in [0.25, 0.3) is 0 Å². The highest BCUT2D eigenvalue weighted by molar-refractivity contribution is 5.24. The Labute approximate surface area is 123 Å². The average molecular weight is 276 g/mol. The molecule has 1 aromatic rings. The molecule has 3 heteroatoms. The summed E-state index contributed by atoms with van der Waals surface area (Å²) in [4.78, 5) is 2.56. The van der Waals surface area contributed by atoms with Crippen LogP contribution in [0.15, 0.2) is 30.3 Å². The predicted molar refractivity (Wildman–Crippen MR) is 83.9 cm³/mol. The molecule has 1 aliphatic heterocycles. The second-order valence-electron chi connectivity index (χ2n) is 6.24. The Morgan fingerprint density at radius 2 is 2.10 bits per heavy atom. The Morgan fingerprint density at radius 1 is 1.40 bits per heavy atom. The first kappa shape index (κ1) is 15.5. The molecule has 0 amide bonds. The molecule has 112 valence electrons. The largest absolute Gasteiger partial charge is 0.380 e. The van der Waals surface area contributed by atoms with Crippen molar-refractivity contribution in [3.63, 3.8) is 0 Å². The number of nitrogens with one attached hydrogen (secondary N) is 1. The Kier molecular flexibility index (Phi) is 5.19. The number of methoxy groups -OCH3 is 1. The maximum absolute atomic E-state index is 5.45. The van der Waals surface area contributed by atoms with Gasteiger partial charge in [-0.3, -0.25) is 4.90 Å². The van der Waals surface area contributed by atoms with Crippen molar-refractivity contribution < 1.29 is 4.74 Å². The lowest BCUT2D eigenvalue weighted by Gasteiger charge is -2.37. The van der Waals surface area contributed by atoms with Crippen molar-refractivity contribution in [2.75, 3.05) is 26.7 Å². The molecule has 1 fully saturated rings. The maximum Gasteiger partial charge on any atom is 0.0670 e. The molecule has 0 bridgehead atoms. The van der Waals surface area contributed by atoms with E-state index in [1.165, 1.54) is 12.0 Å². The standard InChI is InChI=1S/C17H28N2O/c1-14-10-11-18-17(3,16-8-6-5-7-9-16)13-19(14)12-15(2)20-4/h5-9,14-15,18H,10-13H2,1-4H3. The number of hydrogen-bond donors (Lipinski definition) is 1. The van der Waals surface area contributed by atoms with Gasteiger partial charge in [0.1, 0.15) is 0 Å². The summed E-state index contributed by atoms with van der Waals surface area (Å²) in [5.74, 6) is 0. The molecule has 2 rings (SSSR count). The fourth-order valence-corrected chi connectivity index (χ4v) is 3.01. The van der Waals surface area contributed by atoms with Gasteiger partial charge in [-0.2, -0.15) is 0 Å². The third-order valence-electron chi connectivity index (χ3n) is 4.52. The summed E-state index contributed by atoms with van der Waals surface area (Å²) in [5.41, 5.74) is 1.38. The fourth-order valence-electron chi connectivity index (χ4n) is 3.01. The second-order valence-corrected chi connectivity index (χ2v) is 6.24. The summed E-state index contributed by atoms with van der Waals surface area (Å²) in [5, 5.41) is 3.74. The highest BCUT2D eigenvalue weighted by Gasteiger charge is 2.33. The Hall–Kier alpha value is -0.900. The lowest BCUT2D eigenvalue weighted by molar-refractivity contribution is 0.0554. The number of ether oxygens (including phenoxy) is 1. The molecule has 0 saturated carbocycles. The normalized spacial score (nSPS) is 29.9. The molecule has 0 radical (unpaired) electrons. The summed E-state index contributed by atoms with van der Waals surface area (Å²) in [6.45, 7) is 9.84. The van der Waals surface area contributed by atoms with E-state index in [1.807, 2.05) is 0 Å². The quantitative estimate of drug-likeness (QED) is 0.915. The molecule has 1 N–H and O–H groups in total. The smallest absolute Gasteiger partial charge is 0.0670 e. The van der Waals surface area contributed by atoms with Gasteiger partial charge in [-0.15, -0.1) is 0 Å². The molecule has 0 aliphatic carbocycles. The van der Waals surface area contributed by atoms with Crippen LogP contribution in [0.4, 0.5) is 0 Å². The molecule has 0 aromatic heterocycles. The SMILES string of the molecule is COC(C)CN1CC(C)(c2ccccc2)NCCC1C. The van der Waals surface area contributed by atoms with Gasteiger partial charge in [-0.25, -0.2) is 0 Å². The van der Waals surface area contributed by atoms with Crippen LogP contribution in [0.25, 0.3) is 0 Å². The first-order chi connectivity index (χ1) is 9.55. The van der Waals surface area contributed by atoms with Gasteiger partial charge in [0.05, 0.1) is 11.6 Å². The van der Waals surface area contributed by atoms with Crippen molar-refractivity contribution in [2.45, 2.75) is 44.9 Å². The van der Waals surface area contributed by atoms with Crippen molar-refractivity contribution in [3.8, 4) is 0 Å². The topological polar surface area (TPSA) is 24.5 Å². The fraction of sp³-hybridized carbons (Fsp3) is 0.647. The minimum absolute atomic E-state index is 0.0134. The third kappa shape index (κ3) is 3.60. The van der Waals surface area contributed by atoms with Gasteiger partial charge in [0.2, 0.25) is 0 Å². The van der Waals surface area contributed by atoms with Crippen LogP contribution < -0.4 is 5.32 Å². The van der Waals surface area contributed by atoms with Gasteiger partial charge >= 0.3 is 0 Å². The first-order valence-corrected chi connectivity index (χ1v) is 7.62. The summed E-state index contributed by atoms with van der Waals surface area (Å²) in [6, 6.07) is 11.4. The minimum Gasteiger partial charge on any atom is -0.380 e. The Morgan fingerprint density at radius 3 is 2.75 bits per heavy atom. The van der Waals surface area contributed by atoms with Crippen LogP contribution in [-0.4, -0.2) is 43.8 Å². The zero-order chi connectivity index (χ0) is 14.6. The Bertz CT molecular complexity index is 409. The molecular formula is C17H28N2O. The number of nitrogens with zero attached hydrogens (tertiary/aromatic N) is 1. The first-order valence-electron chi connectivity index (χ1n) is 7.62. The third-order valence-corrected chi connectivity index (χ3v) is 4.52. The molecule has 3 nitrogen and oxygen atoms in total. The highest BCUT2D eigenvalue weighted by atomic mass is 16.5. The van der Waals surface area contributed by atoms with Gasteiger partial charge in [-0.05, 0) is 39.3 Å². The average Bonchev–Trinajstić information content (AvgIpc) is 2.60. The van der Waals surface area contributed by atoms with Gasteiger partial charge in [0, 0.05) is 26.2 Å². The van der Waals surface area contributed by atoms with Crippen LogP contribution in [-0.2, 0) is 10.3 Å². The van der Waals surface area contributed by atoms with Crippen LogP contribution in [0.3, 0.4) is 0 Å². The van der Waals surface area contributed by atoms with Crippen LogP contribution in [0.2, 0.25) is 0 Å². The number of benzene rings is 1. The van der Waals surface area contributed by atoms with E-state index < -0.39 is 0 Å². The summed E-state index contributed by atoms with van der Waals surface area (Å²) >= 11 is 0. The maximum atomic E-state index is 5.45. The molecule has 1 heterocycles. The van der Waals surface area contributed by atoms with Gasteiger partial charge < -0.3 is 10.1 Å². The summed E-state index contributed by atoms with van der Waals surface area (Å²) < 4.78 is 5.45. The van der Waals surface area contributed by atoms with Gasteiger partial charge in [-0.1, -0.05) is 30.3 Å². The lowest BCUT2D eigenvalue weighted by atomic mass is 9.91. The summed E-state index contributed by atoms with van der Waals surface area (Å²) in [7, 11) is 1.79.